The third-order valence-corrected chi connectivity index (χ3v) is 11.6. The van der Waals surface area contributed by atoms with Gasteiger partial charge in [-0.3, -0.25) is 9.69 Å². The quantitative estimate of drug-likeness (QED) is 0.363. The Balaban J connectivity index is 1.13. The summed E-state index contributed by atoms with van der Waals surface area (Å²) in [5.41, 5.74) is 3.75. The molecule has 1 saturated heterocycles. The van der Waals surface area contributed by atoms with E-state index in [4.69, 9.17) is 0 Å². The number of carbonyl (C=O) groups is 1. The summed E-state index contributed by atoms with van der Waals surface area (Å²) in [4.78, 5) is 15.1. The van der Waals surface area contributed by atoms with Crippen molar-refractivity contribution in [2.75, 3.05) is 24.6 Å². The molecular weight excluding hydrogens is 590 g/mol. The summed E-state index contributed by atoms with van der Waals surface area (Å²) < 4.78 is 65.7. The minimum absolute atomic E-state index is 0.0679. The molecule has 3 aromatic carbocycles. The zero-order valence-electron chi connectivity index (χ0n) is 24.2. The number of amides is 1. The first kappa shape index (κ1) is 31.3. The van der Waals surface area contributed by atoms with E-state index in [1.807, 2.05) is 25.1 Å². The Morgan fingerprint density at radius 2 is 1.58 bits per heavy atom. The maximum atomic E-state index is 13.2. The van der Waals surface area contributed by atoms with Gasteiger partial charge in [0.05, 0.1) is 22.4 Å². The molecule has 1 heterocycles. The highest BCUT2D eigenvalue weighted by atomic mass is 32.2. The van der Waals surface area contributed by atoms with E-state index in [-0.39, 0.29) is 46.1 Å². The number of carbonyl (C=O) groups excluding carboxylic acids is 1. The van der Waals surface area contributed by atoms with Crippen LogP contribution in [0.3, 0.4) is 0 Å². The number of nitrogens with one attached hydrogen (secondary N) is 2. The van der Waals surface area contributed by atoms with Crippen LogP contribution in [0.1, 0.15) is 49.8 Å². The largest absolute Gasteiger partial charge is 0.349 e. The fourth-order valence-corrected chi connectivity index (χ4v) is 8.35. The minimum Gasteiger partial charge on any atom is -0.349 e. The molecule has 1 aliphatic carbocycles. The Labute approximate surface area is 253 Å². The van der Waals surface area contributed by atoms with Gasteiger partial charge in [-0.25, -0.2) is 25.9 Å². The average molecular weight is 628 g/mol. The van der Waals surface area contributed by atoms with Crippen LogP contribution in [0.25, 0.3) is 11.1 Å². The normalized spacial score (nSPS) is 21.6. The number of halogens is 1. The van der Waals surface area contributed by atoms with Crippen molar-refractivity contribution < 1.29 is 26.0 Å². The van der Waals surface area contributed by atoms with Crippen LogP contribution >= 0.6 is 0 Å². The number of sulfonamides is 1. The Morgan fingerprint density at radius 3 is 2.23 bits per heavy atom. The molecule has 1 saturated carbocycles. The maximum Gasteiger partial charge on any atom is 0.240 e. The van der Waals surface area contributed by atoms with Crippen molar-refractivity contribution in [1.29, 1.82) is 0 Å². The molecule has 2 N–H and O–H groups in total. The van der Waals surface area contributed by atoms with Crippen LogP contribution in [-0.4, -0.2) is 58.3 Å². The van der Waals surface area contributed by atoms with Crippen LogP contribution in [0.15, 0.2) is 77.7 Å². The standard InChI is InChI=1S/C32H38FN3O5S2/c1-23(25-5-11-29(33)12-6-25)34-32(37)27-7-13-30(14-8-27)35-43(40,41)31-15-9-26(10-16-31)28-4-2-3-24(21-28)22-36-17-19-42(38,39)20-18-36/h2-6,9-12,15-16,21,23,27,30,35H,7-8,13-14,17-20,22H2,1H3,(H,34,37)/t23-,27-,30-/m1/s1. The lowest BCUT2D eigenvalue weighted by molar-refractivity contribution is -0.126. The predicted octanol–water partition coefficient (Wildman–Crippen LogP) is 4.44. The number of nitrogens with zero attached hydrogens (tertiary/aromatic N) is 1. The Morgan fingerprint density at radius 1 is 0.930 bits per heavy atom. The summed E-state index contributed by atoms with van der Waals surface area (Å²) in [5, 5.41) is 3.00. The molecule has 2 fully saturated rings. The lowest BCUT2D eigenvalue weighted by Crippen LogP contribution is -2.41. The van der Waals surface area contributed by atoms with Crippen molar-refractivity contribution in [2.24, 2.45) is 5.92 Å². The van der Waals surface area contributed by atoms with E-state index < -0.39 is 19.9 Å². The molecular formula is C32H38FN3O5S2. The molecule has 0 unspecified atom stereocenters. The van der Waals surface area contributed by atoms with E-state index >= 15 is 0 Å². The van der Waals surface area contributed by atoms with Gasteiger partial charge in [0.15, 0.2) is 9.84 Å². The zero-order chi connectivity index (χ0) is 30.6. The van der Waals surface area contributed by atoms with Gasteiger partial charge in [0, 0.05) is 31.6 Å². The average Bonchev–Trinajstić information content (AvgIpc) is 2.99. The van der Waals surface area contributed by atoms with E-state index in [1.54, 1.807) is 36.4 Å². The van der Waals surface area contributed by atoms with Crippen molar-refractivity contribution in [3.05, 3.63) is 89.7 Å². The van der Waals surface area contributed by atoms with Gasteiger partial charge in [-0.1, -0.05) is 42.5 Å². The Bertz CT molecular complexity index is 1620. The van der Waals surface area contributed by atoms with Crippen LogP contribution < -0.4 is 10.0 Å². The van der Waals surface area contributed by atoms with Crippen molar-refractivity contribution in [2.45, 2.75) is 56.1 Å². The van der Waals surface area contributed by atoms with Crippen LogP contribution in [-0.2, 0) is 31.2 Å². The molecule has 1 atom stereocenters. The molecule has 5 rings (SSSR count). The third kappa shape index (κ3) is 8.29. The highest BCUT2D eigenvalue weighted by Crippen LogP contribution is 2.28. The van der Waals surface area contributed by atoms with Crippen molar-refractivity contribution in [3.63, 3.8) is 0 Å². The first-order chi connectivity index (χ1) is 20.5. The second-order valence-corrected chi connectivity index (χ2v) is 15.6. The van der Waals surface area contributed by atoms with Crippen LogP contribution in [0.4, 0.5) is 4.39 Å². The number of benzene rings is 3. The summed E-state index contributed by atoms with van der Waals surface area (Å²) >= 11 is 0. The molecule has 43 heavy (non-hydrogen) atoms. The van der Waals surface area contributed by atoms with Crippen LogP contribution in [0.2, 0.25) is 0 Å². The van der Waals surface area contributed by atoms with Crippen LogP contribution in [0, 0.1) is 11.7 Å². The van der Waals surface area contributed by atoms with Crippen molar-refractivity contribution >= 4 is 25.8 Å². The molecule has 0 bridgehead atoms. The number of sulfone groups is 1. The fourth-order valence-electron chi connectivity index (χ4n) is 5.77. The summed E-state index contributed by atoms with van der Waals surface area (Å²) in [6.45, 7) is 3.57. The molecule has 3 aromatic rings. The van der Waals surface area contributed by atoms with Gasteiger partial charge in [0.1, 0.15) is 5.82 Å². The Hall–Kier alpha value is -3.12. The van der Waals surface area contributed by atoms with Gasteiger partial charge in [0.2, 0.25) is 15.9 Å². The highest BCUT2D eigenvalue weighted by Gasteiger charge is 2.30. The van der Waals surface area contributed by atoms with E-state index in [0.717, 1.165) is 22.3 Å². The summed E-state index contributed by atoms with van der Waals surface area (Å²) in [6, 6.07) is 20.4. The van der Waals surface area contributed by atoms with Gasteiger partial charge < -0.3 is 5.32 Å². The molecule has 11 heteroatoms. The summed E-state index contributed by atoms with van der Waals surface area (Å²) in [7, 11) is -6.65. The van der Waals surface area contributed by atoms with Gasteiger partial charge in [0.25, 0.3) is 0 Å². The number of hydrogen-bond acceptors (Lipinski definition) is 6. The first-order valence-electron chi connectivity index (χ1n) is 14.7. The van der Waals surface area contributed by atoms with E-state index in [9.17, 15) is 26.0 Å². The van der Waals surface area contributed by atoms with Crippen molar-refractivity contribution in [1.82, 2.24) is 14.9 Å². The van der Waals surface area contributed by atoms with Gasteiger partial charge in [-0.2, -0.15) is 0 Å². The first-order valence-corrected chi connectivity index (χ1v) is 18.0. The monoisotopic (exact) mass is 627 g/mol. The van der Waals surface area contributed by atoms with E-state index in [2.05, 4.69) is 21.0 Å². The molecule has 1 amide bonds. The zero-order valence-corrected chi connectivity index (χ0v) is 25.8. The molecule has 0 aromatic heterocycles. The SMILES string of the molecule is C[C@@H](NC(=O)[C@H]1CC[C@H](NS(=O)(=O)c2ccc(-c3cccc(CN4CCS(=O)(=O)CC4)c3)cc2)CC1)c1ccc(F)cc1. The van der Waals surface area contributed by atoms with Gasteiger partial charge in [-0.05, 0) is 85.2 Å². The molecule has 1 aliphatic heterocycles. The summed E-state index contributed by atoms with van der Waals surface area (Å²) in [5.74, 6) is -0.212. The molecule has 2 aliphatic rings. The predicted molar refractivity (Wildman–Crippen MR) is 165 cm³/mol. The second-order valence-electron chi connectivity index (χ2n) is 11.6. The molecule has 8 nitrogen and oxygen atoms in total. The molecule has 0 radical (unpaired) electrons. The molecule has 230 valence electrons. The minimum atomic E-state index is -3.73. The lowest BCUT2D eigenvalue weighted by Gasteiger charge is -2.29. The lowest BCUT2D eigenvalue weighted by atomic mass is 9.85. The Kier molecular flexibility index (Phi) is 9.65. The van der Waals surface area contributed by atoms with E-state index in [1.165, 1.54) is 12.1 Å². The highest BCUT2D eigenvalue weighted by molar-refractivity contribution is 7.91. The fraction of sp³-hybridized carbons (Fsp3) is 0.406. The molecule has 0 spiro atoms. The van der Waals surface area contributed by atoms with Gasteiger partial charge >= 0.3 is 0 Å². The second kappa shape index (κ2) is 13.3. The smallest absolute Gasteiger partial charge is 0.240 e. The number of rotatable bonds is 9. The number of hydrogen-bond donors (Lipinski definition) is 2. The van der Waals surface area contributed by atoms with Crippen molar-refractivity contribution in [3.8, 4) is 11.1 Å². The topological polar surface area (TPSA) is 113 Å². The third-order valence-electron chi connectivity index (χ3n) is 8.42. The van der Waals surface area contributed by atoms with E-state index in [0.29, 0.717) is 45.3 Å². The summed E-state index contributed by atoms with van der Waals surface area (Å²) in [6.07, 6.45) is 2.29. The maximum absolute atomic E-state index is 13.2. The van der Waals surface area contributed by atoms with Crippen LogP contribution in [0.5, 0.6) is 0 Å². The van der Waals surface area contributed by atoms with Gasteiger partial charge in [-0.15, -0.1) is 0 Å².